The number of hydrogen-bond acceptors (Lipinski definition) is 11. The van der Waals surface area contributed by atoms with Gasteiger partial charge in [0.1, 0.15) is 58.3 Å². The standard InChI is InChI=1S/C21H15F2N3O2.C17H21BFN3O3.C10H15BO3.C10H6BrFO.C6H3BrFI/c22-15-4-1-3-13(20(15)17-5-2-8-28-17)12-6-7-19-24-18(11-26(19)10-12)25-21(27)14-9-16(14)23;1-16(2)17(3,4)25-18(24-16)10-5-6-14-20-13(9-22(14)8-10)21-15(23)11-7-12(11)19;1-9(2)10(3,4)14-11(13-9)8-6-5-7-12-8;11-7-3-1-4-8(12)10(7)9-5-2-6-13-9;7-4-2-1-3-5(8)6(4)9/h1-8,10-11,14,16H,9H2,(H,25,27);5-6,8-9,11-12H,7H2,1-4H3,(H,21,23);5-7H,1-4H3;1-6H;1-3H/t14-,16+;11-,12+;;;/m11.../s1. The molecular weight excluding hydrogens is 1400 g/mol. The van der Waals surface area contributed by atoms with Crippen molar-refractivity contribution in [1.82, 2.24) is 18.8 Å². The average molecular weight is 1460 g/mol. The molecule has 4 fully saturated rings. The summed E-state index contributed by atoms with van der Waals surface area (Å²) in [5.41, 5.74) is 3.75. The number of nitrogens with one attached hydrogen (secondary N) is 2. The largest absolute Gasteiger partial charge is 0.532 e. The van der Waals surface area contributed by atoms with Gasteiger partial charge in [-0.05, 0) is 224 Å². The number of halogens is 8. The lowest BCUT2D eigenvalue weighted by atomic mass is 9.80. The molecule has 0 unspecified atom stereocenters. The van der Waals surface area contributed by atoms with Crippen molar-refractivity contribution in [2.75, 3.05) is 10.6 Å². The third kappa shape index (κ3) is 15.0. The van der Waals surface area contributed by atoms with E-state index in [1.54, 1.807) is 88.3 Å². The van der Waals surface area contributed by atoms with Gasteiger partial charge < -0.3 is 51.3 Å². The molecule has 2 N–H and O–H groups in total. The van der Waals surface area contributed by atoms with Gasteiger partial charge in [0.15, 0.2) is 11.6 Å². The molecule has 10 aromatic rings. The Morgan fingerprint density at radius 3 is 1.46 bits per heavy atom. The molecule has 4 atom stereocenters. The van der Waals surface area contributed by atoms with Crippen molar-refractivity contribution in [2.24, 2.45) is 11.8 Å². The molecular formula is C64H60B2Br2F5IN6O9. The summed E-state index contributed by atoms with van der Waals surface area (Å²) >= 11 is 8.41. The van der Waals surface area contributed by atoms with Gasteiger partial charge in [-0.2, -0.15) is 0 Å². The second-order valence-electron chi connectivity index (χ2n) is 23.3. The lowest BCUT2D eigenvalue weighted by Gasteiger charge is -2.32. The number of hydrogen-bond donors (Lipinski definition) is 2. The van der Waals surface area contributed by atoms with Crippen LogP contribution in [0.5, 0.6) is 0 Å². The topological polar surface area (TPSA) is 169 Å². The summed E-state index contributed by atoms with van der Waals surface area (Å²) in [6.07, 6.45) is 10.2. The van der Waals surface area contributed by atoms with Gasteiger partial charge in [0, 0.05) is 21.3 Å². The molecule has 9 heterocycles. The summed E-state index contributed by atoms with van der Waals surface area (Å²) in [6, 6.07) is 32.5. The predicted octanol–water partition coefficient (Wildman–Crippen LogP) is 15.2. The van der Waals surface area contributed by atoms with Crippen molar-refractivity contribution < 1.29 is 63.4 Å². The van der Waals surface area contributed by atoms with Crippen molar-refractivity contribution in [2.45, 2.75) is 103 Å². The molecule has 0 radical (unpaired) electrons. The molecule has 0 bridgehead atoms. The number of fused-ring (bicyclic) bond motifs is 2. The number of aromatic nitrogens is 4. The van der Waals surface area contributed by atoms with Crippen molar-refractivity contribution in [3.8, 4) is 33.8 Å². The van der Waals surface area contributed by atoms with E-state index in [0.29, 0.717) is 65.6 Å². The summed E-state index contributed by atoms with van der Waals surface area (Å²) in [6.45, 7) is 16.1. The summed E-state index contributed by atoms with van der Waals surface area (Å²) in [4.78, 5) is 32.4. The minimum atomic E-state index is -1.06. The zero-order valence-corrected chi connectivity index (χ0v) is 54.7. The number of nitrogens with zero attached hydrogens (tertiary/aromatic N) is 4. The van der Waals surface area contributed by atoms with E-state index in [1.807, 2.05) is 127 Å². The molecule has 15 nitrogen and oxygen atoms in total. The Bertz CT molecular complexity index is 4060. The Labute approximate surface area is 541 Å². The van der Waals surface area contributed by atoms with Crippen LogP contribution in [0.2, 0.25) is 0 Å². The SMILES string of the molecule is CC1(C)OB(c2ccc3nc(NC(=O)[C@@H]4C[C@@H]4F)cn3c2)OC1(C)C.CC1(C)OB(c2ccco2)OC1(C)C.Fc1cccc(Br)c1-c1ccco1.Fc1cccc(Br)c1I.O=C(Nc1cn2cc(-c3cccc(F)c3-c3ccco3)ccc2n1)[C@@H]1C[C@@H]1F. The minimum Gasteiger partial charge on any atom is -0.473 e. The van der Waals surface area contributed by atoms with Crippen LogP contribution in [-0.4, -0.2) is 79.6 Å². The first-order valence-electron chi connectivity index (χ1n) is 28.2. The van der Waals surface area contributed by atoms with Gasteiger partial charge in [0.25, 0.3) is 0 Å². The van der Waals surface area contributed by atoms with Crippen LogP contribution in [0.3, 0.4) is 0 Å². The molecule has 2 saturated carbocycles. The van der Waals surface area contributed by atoms with Gasteiger partial charge in [-0.1, -0.05) is 30.3 Å². The van der Waals surface area contributed by atoms with Crippen LogP contribution >= 0.6 is 54.5 Å². The molecule has 0 spiro atoms. The van der Waals surface area contributed by atoms with Crippen molar-refractivity contribution >= 4 is 115 Å². The highest BCUT2D eigenvalue weighted by molar-refractivity contribution is 14.1. The molecule has 2 saturated heterocycles. The number of alkyl halides is 2. The normalized spacial score (nSPS) is 19.6. The maximum absolute atomic E-state index is 14.5. The van der Waals surface area contributed by atoms with Gasteiger partial charge >= 0.3 is 14.2 Å². The number of imidazole rings is 2. The molecule has 89 heavy (non-hydrogen) atoms. The third-order valence-electron chi connectivity index (χ3n) is 15.8. The Balaban J connectivity index is 0.000000130. The van der Waals surface area contributed by atoms with Gasteiger partial charge in [-0.3, -0.25) is 9.59 Å². The Morgan fingerprint density at radius 2 is 0.989 bits per heavy atom. The van der Waals surface area contributed by atoms with E-state index in [2.05, 4.69) is 52.5 Å². The summed E-state index contributed by atoms with van der Waals surface area (Å²) in [5, 5.41) is 5.31. The van der Waals surface area contributed by atoms with Crippen molar-refractivity contribution in [3.05, 3.63) is 189 Å². The second-order valence-corrected chi connectivity index (χ2v) is 26.1. The lowest BCUT2D eigenvalue weighted by Crippen LogP contribution is -2.41. The van der Waals surface area contributed by atoms with Crippen LogP contribution in [0.4, 0.5) is 33.6 Å². The number of furan rings is 3. The molecule has 2 aliphatic carbocycles. The van der Waals surface area contributed by atoms with Gasteiger partial charge in [0.2, 0.25) is 11.8 Å². The van der Waals surface area contributed by atoms with E-state index < -0.39 is 42.5 Å². The third-order valence-corrected chi connectivity index (χ3v) is 19.0. The molecule has 2 aliphatic heterocycles. The van der Waals surface area contributed by atoms with Crippen LogP contribution in [0.25, 0.3) is 45.1 Å². The summed E-state index contributed by atoms with van der Waals surface area (Å²) in [7, 11) is -0.844. The molecule has 7 aromatic heterocycles. The highest BCUT2D eigenvalue weighted by Crippen LogP contribution is 2.40. The van der Waals surface area contributed by atoms with Gasteiger partial charge in [0.05, 0.1) is 80.1 Å². The quantitative estimate of drug-likeness (QED) is 0.0610. The molecule has 3 aromatic carbocycles. The van der Waals surface area contributed by atoms with Crippen molar-refractivity contribution in [1.29, 1.82) is 0 Å². The fourth-order valence-electron chi connectivity index (χ4n) is 9.16. The number of carbonyl (C=O) groups is 2. The fourth-order valence-corrected chi connectivity index (χ4v) is 10.4. The van der Waals surface area contributed by atoms with E-state index in [-0.39, 0.29) is 54.0 Å². The van der Waals surface area contributed by atoms with Gasteiger partial charge in [-0.15, -0.1) is 0 Å². The predicted molar refractivity (Wildman–Crippen MR) is 346 cm³/mol. The number of anilines is 2. The van der Waals surface area contributed by atoms with Crippen LogP contribution < -0.4 is 21.8 Å². The van der Waals surface area contributed by atoms with E-state index in [0.717, 1.165) is 21.2 Å². The van der Waals surface area contributed by atoms with E-state index in [4.69, 9.17) is 31.9 Å². The zero-order valence-electron chi connectivity index (χ0n) is 49.4. The number of pyridine rings is 2. The first-order chi connectivity index (χ1) is 42.2. The Hall–Kier alpha value is -6.87. The highest BCUT2D eigenvalue weighted by atomic mass is 127. The number of benzene rings is 3. The maximum Gasteiger partial charge on any atom is 0.532 e. The highest BCUT2D eigenvalue weighted by Gasteiger charge is 2.54. The van der Waals surface area contributed by atoms with Crippen LogP contribution in [0.15, 0.2) is 181 Å². The summed E-state index contributed by atoms with van der Waals surface area (Å²) < 4.78 is 112. The summed E-state index contributed by atoms with van der Waals surface area (Å²) in [5.74, 6) is -0.897. The number of carbonyl (C=O) groups excluding carboxylic acids is 2. The van der Waals surface area contributed by atoms with Gasteiger partial charge in [-0.25, -0.2) is 31.9 Å². The number of rotatable bonds is 9. The smallest absolute Gasteiger partial charge is 0.473 e. The minimum absolute atomic E-state index is 0.176. The molecule has 4 aliphatic rings. The molecule has 2 amide bonds. The fraction of sp³-hybridized carbons (Fsp3) is 0.281. The molecule has 14 rings (SSSR count). The Kier molecular flexibility index (Phi) is 19.4. The van der Waals surface area contributed by atoms with Crippen LogP contribution in [-0.2, 0) is 28.2 Å². The maximum atomic E-state index is 14.5. The first-order valence-corrected chi connectivity index (χ1v) is 30.9. The van der Waals surface area contributed by atoms with Crippen molar-refractivity contribution in [3.63, 3.8) is 0 Å². The number of amides is 2. The second kappa shape index (κ2) is 26.5. The van der Waals surface area contributed by atoms with Crippen LogP contribution in [0, 0.1) is 32.9 Å². The average Bonchev–Trinajstić information content (AvgIpc) is 1.82. The zero-order chi connectivity index (χ0) is 63.7. The van der Waals surface area contributed by atoms with E-state index in [9.17, 15) is 31.5 Å². The van der Waals surface area contributed by atoms with E-state index >= 15 is 0 Å². The molecule has 462 valence electrons. The molecule has 25 heteroatoms. The van der Waals surface area contributed by atoms with E-state index in [1.165, 1.54) is 30.7 Å². The monoisotopic (exact) mass is 1460 g/mol. The lowest BCUT2D eigenvalue weighted by molar-refractivity contribution is -0.118. The van der Waals surface area contributed by atoms with Crippen LogP contribution in [0.1, 0.15) is 68.2 Å². The first kappa shape index (κ1) is 65.1. The Morgan fingerprint density at radius 1 is 0.539 bits per heavy atom.